The highest BCUT2D eigenvalue weighted by atomic mass is 32.2. The molecule has 0 aliphatic carbocycles. The highest BCUT2D eigenvalue weighted by Gasteiger charge is 2.30. The molecule has 3 aromatic rings. The van der Waals surface area contributed by atoms with Crippen LogP contribution in [0.2, 0.25) is 0 Å². The quantitative estimate of drug-likeness (QED) is 0.492. The van der Waals surface area contributed by atoms with E-state index in [4.69, 9.17) is 9.47 Å². The lowest BCUT2D eigenvalue weighted by atomic mass is 10.2. The number of hydrogen-bond donors (Lipinski definition) is 2. The Balaban J connectivity index is 2.04. The molecule has 1 amide bonds. The summed E-state index contributed by atoms with van der Waals surface area (Å²) in [6, 6.07) is 18.0. The maximum absolute atomic E-state index is 13.5. The van der Waals surface area contributed by atoms with Gasteiger partial charge in [0.2, 0.25) is 5.91 Å². The first-order valence-electron chi connectivity index (χ1n) is 9.70. The maximum atomic E-state index is 13.5. The van der Waals surface area contributed by atoms with E-state index in [1.54, 1.807) is 30.3 Å². The summed E-state index contributed by atoms with van der Waals surface area (Å²) >= 11 is 0. The third-order valence-corrected chi connectivity index (χ3v) is 6.48. The largest absolute Gasteiger partial charge is 0.497 e. The standard InChI is InChI=1S/C23H22N2O7S/c1-31-16-12-13-20(21(14-16)32-2)25(33(29,30)17-8-4-3-5-9-17)15-22(26)24-19-11-7-6-10-18(19)23(27)28/h3-14H,15H2,1-2H3,(H,24,26)(H,27,28). The monoisotopic (exact) mass is 470 g/mol. The fraction of sp³-hybridized carbons (Fsp3) is 0.130. The zero-order chi connectivity index (χ0) is 24.0. The van der Waals surface area contributed by atoms with E-state index < -0.39 is 28.4 Å². The number of rotatable bonds is 9. The number of sulfonamides is 1. The molecule has 0 atom stereocenters. The molecule has 2 N–H and O–H groups in total. The number of para-hydroxylation sites is 1. The summed E-state index contributed by atoms with van der Waals surface area (Å²) in [6.45, 7) is -0.631. The SMILES string of the molecule is COc1ccc(N(CC(=O)Nc2ccccc2C(=O)O)S(=O)(=O)c2ccccc2)c(OC)c1. The van der Waals surface area contributed by atoms with E-state index in [9.17, 15) is 23.1 Å². The third-order valence-electron chi connectivity index (χ3n) is 4.71. The highest BCUT2D eigenvalue weighted by Crippen LogP contribution is 2.35. The van der Waals surface area contributed by atoms with Gasteiger partial charge in [0.05, 0.1) is 36.1 Å². The number of carboxylic acid groups (broad SMARTS) is 1. The fourth-order valence-corrected chi connectivity index (χ4v) is 4.56. The average Bonchev–Trinajstić information content (AvgIpc) is 2.82. The van der Waals surface area contributed by atoms with Gasteiger partial charge in [0.1, 0.15) is 18.0 Å². The van der Waals surface area contributed by atoms with Crippen LogP contribution in [0.5, 0.6) is 11.5 Å². The van der Waals surface area contributed by atoms with Crippen molar-refractivity contribution >= 4 is 33.3 Å². The van der Waals surface area contributed by atoms with E-state index in [-0.39, 0.29) is 27.6 Å². The van der Waals surface area contributed by atoms with E-state index in [0.717, 1.165) is 4.31 Å². The summed E-state index contributed by atoms with van der Waals surface area (Å²) in [5, 5.41) is 11.8. The van der Waals surface area contributed by atoms with Crippen LogP contribution in [0.4, 0.5) is 11.4 Å². The molecule has 0 aliphatic rings. The molecule has 0 unspecified atom stereocenters. The Kier molecular flexibility index (Phi) is 7.19. The van der Waals surface area contributed by atoms with Crippen LogP contribution >= 0.6 is 0 Å². The number of anilines is 2. The van der Waals surface area contributed by atoms with Crippen molar-refractivity contribution in [2.75, 3.05) is 30.4 Å². The van der Waals surface area contributed by atoms with Crippen LogP contribution in [0.15, 0.2) is 77.7 Å². The van der Waals surface area contributed by atoms with E-state index in [1.165, 1.54) is 56.7 Å². The number of amides is 1. The number of carbonyl (C=O) groups excluding carboxylic acids is 1. The molecule has 0 bridgehead atoms. The second-order valence-corrected chi connectivity index (χ2v) is 8.62. The minimum Gasteiger partial charge on any atom is -0.497 e. The Bertz CT molecular complexity index is 1260. The molecule has 3 rings (SSSR count). The Morgan fingerprint density at radius 2 is 1.61 bits per heavy atom. The van der Waals surface area contributed by atoms with Gasteiger partial charge in [-0.15, -0.1) is 0 Å². The number of methoxy groups -OCH3 is 2. The van der Waals surface area contributed by atoms with Crippen molar-refractivity contribution in [3.63, 3.8) is 0 Å². The summed E-state index contributed by atoms with van der Waals surface area (Å²) in [5.41, 5.74) is 0.0444. The summed E-state index contributed by atoms with van der Waals surface area (Å²) in [5.74, 6) is -1.35. The lowest BCUT2D eigenvalue weighted by molar-refractivity contribution is -0.114. The molecule has 0 saturated heterocycles. The lowest BCUT2D eigenvalue weighted by Gasteiger charge is -2.26. The van der Waals surface area contributed by atoms with Gasteiger partial charge in [-0.1, -0.05) is 30.3 Å². The topological polar surface area (TPSA) is 122 Å². The minimum atomic E-state index is -4.18. The zero-order valence-corrected chi connectivity index (χ0v) is 18.7. The van der Waals surface area contributed by atoms with Crippen LogP contribution in [0, 0.1) is 0 Å². The number of nitrogens with zero attached hydrogens (tertiary/aromatic N) is 1. The zero-order valence-electron chi connectivity index (χ0n) is 17.9. The molecule has 0 fully saturated rings. The van der Waals surface area contributed by atoms with Crippen molar-refractivity contribution in [2.45, 2.75) is 4.90 Å². The fourth-order valence-electron chi connectivity index (χ4n) is 3.11. The number of nitrogens with one attached hydrogen (secondary N) is 1. The van der Waals surface area contributed by atoms with Gasteiger partial charge < -0.3 is 19.9 Å². The van der Waals surface area contributed by atoms with Crippen molar-refractivity contribution in [2.24, 2.45) is 0 Å². The first-order valence-corrected chi connectivity index (χ1v) is 11.1. The normalized spacial score (nSPS) is 10.8. The van der Waals surface area contributed by atoms with Crippen molar-refractivity contribution in [3.05, 3.63) is 78.4 Å². The van der Waals surface area contributed by atoms with Gasteiger partial charge in [-0.25, -0.2) is 13.2 Å². The van der Waals surface area contributed by atoms with E-state index in [0.29, 0.717) is 5.75 Å². The summed E-state index contributed by atoms with van der Waals surface area (Å²) in [6.07, 6.45) is 0. The van der Waals surface area contributed by atoms with Crippen LogP contribution in [0.3, 0.4) is 0 Å². The van der Waals surface area contributed by atoms with Crippen LogP contribution in [-0.4, -0.2) is 46.2 Å². The van der Waals surface area contributed by atoms with Crippen LogP contribution < -0.4 is 19.1 Å². The van der Waals surface area contributed by atoms with Gasteiger partial charge in [0.25, 0.3) is 10.0 Å². The molecular weight excluding hydrogens is 448 g/mol. The van der Waals surface area contributed by atoms with Crippen LogP contribution in [-0.2, 0) is 14.8 Å². The molecule has 0 aromatic heterocycles. The first kappa shape index (κ1) is 23.6. The van der Waals surface area contributed by atoms with Gasteiger partial charge in [-0.3, -0.25) is 9.10 Å². The second-order valence-electron chi connectivity index (χ2n) is 6.76. The average molecular weight is 471 g/mol. The summed E-state index contributed by atoms with van der Waals surface area (Å²) < 4.78 is 38.4. The lowest BCUT2D eigenvalue weighted by Crippen LogP contribution is -2.38. The van der Waals surface area contributed by atoms with Crippen molar-refractivity contribution in [1.82, 2.24) is 0 Å². The van der Waals surface area contributed by atoms with Crippen molar-refractivity contribution < 1.29 is 32.6 Å². The Hall–Kier alpha value is -4.05. The number of carbonyl (C=O) groups is 2. The smallest absolute Gasteiger partial charge is 0.337 e. The number of benzene rings is 3. The van der Waals surface area contributed by atoms with Gasteiger partial charge >= 0.3 is 5.97 Å². The third kappa shape index (κ3) is 5.24. The van der Waals surface area contributed by atoms with E-state index >= 15 is 0 Å². The molecule has 0 radical (unpaired) electrons. The molecule has 10 heteroatoms. The predicted molar refractivity (Wildman–Crippen MR) is 123 cm³/mol. The molecule has 0 aliphatic heterocycles. The summed E-state index contributed by atoms with van der Waals surface area (Å²) in [7, 11) is -1.36. The van der Waals surface area contributed by atoms with Crippen LogP contribution in [0.25, 0.3) is 0 Å². The molecule has 0 spiro atoms. The molecular formula is C23H22N2O7S. The van der Waals surface area contributed by atoms with Gasteiger partial charge in [0, 0.05) is 6.07 Å². The molecule has 0 heterocycles. The number of carboxylic acids is 1. The Labute approximate surface area is 191 Å². The van der Waals surface area contributed by atoms with E-state index in [2.05, 4.69) is 5.32 Å². The van der Waals surface area contributed by atoms with Gasteiger partial charge in [0.15, 0.2) is 0 Å². The Morgan fingerprint density at radius 1 is 0.939 bits per heavy atom. The Morgan fingerprint density at radius 3 is 2.24 bits per heavy atom. The number of hydrogen-bond acceptors (Lipinski definition) is 6. The molecule has 0 saturated carbocycles. The predicted octanol–water partition coefficient (Wildman–Crippen LogP) is 3.24. The number of aromatic carboxylic acids is 1. The molecule has 3 aromatic carbocycles. The highest BCUT2D eigenvalue weighted by molar-refractivity contribution is 7.92. The summed E-state index contributed by atoms with van der Waals surface area (Å²) in [4.78, 5) is 24.3. The maximum Gasteiger partial charge on any atom is 0.337 e. The molecule has 172 valence electrons. The minimum absolute atomic E-state index is 0.0263. The number of ether oxygens (including phenoxy) is 2. The molecule has 33 heavy (non-hydrogen) atoms. The van der Waals surface area contributed by atoms with Gasteiger partial charge in [-0.2, -0.15) is 0 Å². The molecule has 9 nitrogen and oxygen atoms in total. The second kappa shape index (κ2) is 10.0. The van der Waals surface area contributed by atoms with E-state index in [1.807, 2.05) is 0 Å². The van der Waals surface area contributed by atoms with Crippen LogP contribution in [0.1, 0.15) is 10.4 Å². The van der Waals surface area contributed by atoms with Gasteiger partial charge in [-0.05, 0) is 36.4 Å². The van der Waals surface area contributed by atoms with Crippen molar-refractivity contribution in [3.8, 4) is 11.5 Å². The first-order chi connectivity index (χ1) is 15.8. The van der Waals surface area contributed by atoms with Crippen molar-refractivity contribution in [1.29, 1.82) is 0 Å².